The fraction of sp³-hybridized carbons (Fsp3) is 0.444. The summed E-state index contributed by atoms with van der Waals surface area (Å²) in [5.74, 6) is -1.15. The van der Waals surface area contributed by atoms with Crippen molar-refractivity contribution in [2.24, 2.45) is 0 Å². The van der Waals surface area contributed by atoms with Crippen LogP contribution in [0.2, 0.25) is 0 Å². The largest absolute Gasteiger partial charge is 0.477 e. The lowest BCUT2D eigenvalue weighted by atomic mass is 10.0. The lowest BCUT2D eigenvalue weighted by molar-refractivity contribution is -0.0426. The van der Waals surface area contributed by atoms with Crippen LogP contribution in [0.25, 0.3) is 0 Å². The second-order valence-corrected chi connectivity index (χ2v) is 7.07. The summed E-state index contributed by atoms with van der Waals surface area (Å²) in [6.07, 6.45) is 0. The summed E-state index contributed by atoms with van der Waals surface area (Å²) >= 11 is 0.869. The minimum Gasteiger partial charge on any atom is -0.477 e. The van der Waals surface area contributed by atoms with Crippen LogP contribution in [0.4, 0.5) is 0 Å². The maximum atomic E-state index is 12.0. The van der Waals surface area contributed by atoms with Gasteiger partial charge >= 0.3 is 5.97 Å². The average Bonchev–Trinajstić information content (AvgIpc) is 2.62. The van der Waals surface area contributed by atoms with Crippen LogP contribution in [-0.4, -0.2) is 47.6 Å². The van der Waals surface area contributed by atoms with Crippen molar-refractivity contribution in [3.05, 3.63) is 16.3 Å². The first-order chi connectivity index (χ1) is 7.72. The third-order valence-electron chi connectivity index (χ3n) is 2.46. The van der Waals surface area contributed by atoms with E-state index in [1.54, 1.807) is 6.92 Å². The molecule has 0 unspecified atom stereocenters. The van der Waals surface area contributed by atoms with E-state index < -0.39 is 21.6 Å². The van der Waals surface area contributed by atoms with Crippen molar-refractivity contribution < 1.29 is 23.4 Å². The number of aliphatic hydroxyl groups is 1. The minimum atomic E-state index is -3.67. The van der Waals surface area contributed by atoms with Crippen molar-refractivity contribution in [2.45, 2.75) is 17.4 Å². The van der Waals surface area contributed by atoms with Crippen LogP contribution >= 0.6 is 11.3 Å². The van der Waals surface area contributed by atoms with Gasteiger partial charge in [-0.05, 0) is 13.0 Å². The van der Waals surface area contributed by atoms with E-state index in [-0.39, 0.29) is 22.9 Å². The molecule has 0 bridgehead atoms. The predicted molar refractivity (Wildman–Crippen MR) is 60.7 cm³/mol. The number of rotatable bonds is 3. The highest BCUT2D eigenvalue weighted by atomic mass is 32.2. The van der Waals surface area contributed by atoms with Crippen LogP contribution in [0, 0.1) is 0 Å². The molecule has 0 aliphatic carbocycles. The molecule has 2 heterocycles. The Labute approximate surface area is 102 Å². The summed E-state index contributed by atoms with van der Waals surface area (Å²) < 4.78 is 25.1. The average molecular weight is 277 g/mol. The van der Waals surface area contributed by atoms with Crippen LogP contribution in [0.3, 0.4) is 0 Å². The Morgan fingerprint density at radius 3 is 2.53 bits per heavy atom. The van der Waals surface area contributed by atoms with Crippen molar-refractivity contribution in [1.82, 2.24) is 4.31 Å². The molecule has 0 aromatic carbocycles. The lowest BCUT2D eigenvalue weighted by Crippen LogP contribution is -2.61. The summed E-state index contributed by atoms with van der Waals surface area (Å²) in [6, 6.07) is 1.13. The number of sulfonamides is 1. The first kappa shape index (κ1) is 12.5. The van der Waals surface area contributed by atoms with E-state index in [4.69, 9.17) is 5.11 Å². The van der Waals surface area contributed by atoms with Gasteiger partial charge < -0.3 is 10.2 Å². The lowest BCUT2D eigenvalue weighted by Gasteiger charge is -2.42. The molecular weight excluding hydrogens is 266 g/mol. The molecule has 1 aliphatic heterocycles. The van der Waals surface area contributed by atoms with Gasteiger partial charge in [0.15, 0.2) is 0 Å². The van der Waals surface area contributed by atoms with Gasteiger partial charge in [0.2, 0.25) is 10.0 Å². The van der Waals surface area contributed by atoms with Gasteiger partial charge in [0.25, 0.3) is 0 Å². The van der Waals surface area contributed by atoms with E-state index in [0.29, 0.717) is 0 Å². The summed E-state index contributed by atoms with van der Waals surface area (Å²) in [4.78, 5) is 10.6. The Bertz CT molecular complexity index is 552. The maximum Gasteiger partial charge on any atom is 0.345 e. The van der Waals surface area contributed by atoms with Gasteiger partial charge in [0.05, 0.1) is 10.5 Å². The molecule has 0 spiro atoms. The Kier molecular flexibility index (Phi) is 2.77. The SMILES string of the molecule is CC1(O)CN(S(=O)(=O)c2csc(C(=O)O)c2)C1. The Morgan fingerprint density at radius 1 is 1.53 bits per heavy atom. The molecule has 0 saturated carbocycles. The van der Waals surface area contributed by atoms with Gasteiger partial charge in [0.1, 0.15) is 4.88 Å². The summed E-state index contributed by atoms with van der Waals surface area (Å²) in [6.45, 7) is 1.62. The van der Waals surface area contributed by atoms with Crippen LogP contribution < -0.4 is 0 Å². The standard InChI is InChI=1S/C9H11NO5S2/c1-9(13)4-10(5-9)17(14,15)6-2-7(8(11)12)16-3-6/h2-3,13H,4-5H2,1H3,(H,11,12). The van der Waals surface area contributed by atoms with Gasteiger partial charge in [-0.2, -0.15) is 4.31 Å². The Balaban J connectivity index is 2.24. The first-order valence-corrected chi connectivity index (χ1v) is 7.09. The van der Waals surface area contributed by atoms with Crippen LogP contribution in [-0.2, 0) is 10.0 Å². The van der Waals surface area contributed by atoms with E-state index in [1.165, 1.54) is 5.38 Å². The number of carboxylic acid groups (broad SMARTS) is 1. The molecule has 94 valence electrons. The van der Waals surface area contributed by atoms with E-state index >= 15 is 0 Å². The van der Waals surface area contributed by atoms with Gasteiger partial charge in [-0.3, -0.25) is 0 Å². The molecule has 6 nitrogen and oxygen atoms in total. The molecule has 0 amide bonds. The molecule has 2 N–H and O–H groups in total. The highest BCUT2D eigenvalue weighted by Crippen LogP contribution is 2.29. The van der Waals surface area contributed by atoms with Crippen molar-refractivity contribution in [2.75, 3.05) is 13.1 Å². The van der Waals surface area contributed by atoms with Crippen LogP contribution in [0.1, 0.15) is 16.6 Å². The molecule has 2 rings (SSSR count). The number of hydrogen-bond donors (Lipinski definition) is 2. The fourth-order valence-electron chi connectivity index (χ4n) is 1.60. The van der Waals surface area contributed by atoms with Crippen molar-refractivity contribution in [3.8, 4) is 0 Å². The number of carboxylic acids is 1. The zero-order valence-electron chi connectivity index (χ0n) is 8.95. The second kappa shape index (κ2) is 3.77. The van der Waals surface area contributed by atoms with Crippen LogP contribution in [0.15, 0.2) is 16.3 Å². The summed E-state index contributed by atoms with van der Waals surface area (Å²) in [5, 5.41) is 19.5. The molecule has 1 aromatic heterocycles. The van der Waals surface area contributed by atoms with Gasteiger partial charge in [-0.25, -0.2) is 13.2 Å². The number of carbonyl (C=O) groups is 1. The molecule has 8 heteroatoms. The monoisotopic (exact) mass is 277 g/mol. The maximum absolute atomic E-state index is 12.0. The predicted octanol–water partition coefficient (Wildman–Crippen LogP) is 0.202. The van der Waals surface area contributed by atoms with Crippen molar-refractivity contribution in [3.63, 3.8) is 0 Å². The fourth-order valence-corrected chi connectivity index (χ4v) is 4.37. The molecule has 1 saturated heterocycles. The van der Waals surface area contributed by atoms with E-state index in [2.05, 4.69) is 0 Å². The molecule has 1 aromatic rings. The van der Waals surface area contributed by atoms with E-state index in [9.17, 15) is 18.3 Å². The van der Waals surface area contributed by atoms with Crippen LogP contribution in [0.5, 0.6) is 0 Å². The minimum absolute atomic E-state index is 0.0177. The molecule has 0 radical (unpaired) electrons. The zero-order valence-corrected chi connectivity index (χ0v) is 10.6. The Hall–Kier alpha value is -0.960. The van der Waals surface area contributed by atoms with Crippen molar-refractivity contribution in [1.29, 1.82) is 0 Å². The highest BCUT2D eigenvalue weighted by molar-refractivity contribution is 7.89. The normalized spacial score (nSPS) is 19.9. The van der Waals surface area contributed by atoms with Gasteiger partial charge in [-0.15, -0.1) is 11.3 Å². The topological polar surface area (TPSA) is 94.9 Å². The van der Waals surface area contributed by atoms with Gasteiger partial charge in [0, 0.05) is 18.5 Å². The third-order valence-corrected chi connectivity index (χ3v) is 5.29. The zero-order chi connectivity index (χ0) is 12.8. The molecule has 17 heavy (non-hydrogen) atoms. The number of β-amino-alcohol motifs (C(OH)–C–C–N with tert-alkyl or cyclic N) is 1. The third kappa shape index (κ3) is 2.21. The first-order valence-electron chi connectivity index (χ1n) is 4.77. The second-order valence-electron chi connectivity index (χ2n) is 4.22. The number of hydrogen-bond acceptors (Lipinski definition) is 5. The smallest absolute Gasteiger partial charge is 0.345 e. The molecule has 0 atom stereocenters. The van der Waals surface area contributed by atoms with E-state index in [1.807, 2.05) is 0 Å². The Morgan fingerprint density at radius 2 is 2.12 bits per heavy atom. The number of aromatic carboxylic acids is 1. The molecular formula is C9H11NO5S2. The summed E-state index contributed by atoms with van der Waals surface area (Å²) in [7, 11) is -3.67. The molecule has 1 aliphatic rings. The van der Waals surface area contributed by atoms with Gasteiger partial charge in [-0.1, -0.05) is 0 Å². The van der Waals surface area contributed by atoms with Crippen molar-refractivity contribution >= 4 is 27.3 Å². The summed E-state index contributed by atoms with van der Waals surface area (Å²) in [5.41, 5.74) is -0.987. The number of thiophene rings is 1. The van der Waals surface area contributed by atoms with E-state index in [0.717, 1.165) is 21.7 Å². The quantitative estimate of drug-likeness (QED) is 0.823. The number of nitrogens with zero attached hydrogens (tertiary/aromatic N) is 1. The molecule has 1 fully saturated rings. The highest BCUT2D eigenvalue weighted by Gasteiger charge is 2.44.